The van der Waals surface area contributed by atoms with Crippen LogP contribution in [0.1, 0.15) is 25.2 Å². The summed E-state index contributed by atoms with van der Waals surface area (Å²) in [5.41, 5.74) is 5.26. The predicted octanol–water partition coefficient (Wildman–Crippen LogP) is 4.75. The monoisotopic (exact) mass is 468 g/mol. The molecule has 0 unspecified atom stereocenters. The summed E-state index contributed by atoms with van der Waals surface area (Å²) in [6.45, 7) is 8.50. The second kappa shape index (κ2) is 11.5. The van der Waals surface area contributed by atoms with Crippen molar-refractivity contribution in [3.63, 3.8) is 0 Å². The number of thioether (sulfide) groups is 1. The molecule has 0 radical (unpaired) electrons. The molecule has 166 valence electrons. The van der Waals surface area contributed by atoms with E-state index in [9.17, 15) is 4.79 Å². The Balaban J connectivity index is 1.63. The fraction of sp³-hybridized carbons (Fsp3) is 0.217. The minimum absolute atomic E-state index is 0.209. The maximum absolute atomic E-state index is 12.6. The molecule has 2 aromatic carbocycles. The van der Waals surface area contributed by atoms with Crippen molar-refractivity contribution in [2.45, 2.75) is 37.3 Å². The normalized spacial score (nSPS) is 12.3. The van der Waals surface area contributed by atoms with Crippen molar-refractivity contribution in [1.29, 1.82) is 0 Å². The molecule has 0 bridgehead atoms. The van der Waals surface area contributed by atoms with Gasteiger partial charge < -0.3 is 9.88 Å². The first kappa shape index (κ1) is 23.6. The van der Waals surface area contributed by atoms with Gasteiger partial charge in [-0.1, -0.05) is 59.8 Å². The summed E-state index contributed by atoms with van der Waals surface area (Å²) in [6, 6.07) is 17.1. The lowest BCUT2D eigenvalue weighted by atomic mass is 10.1. The number of rotatable bonds is 10. The van der Waals surface area contributed by atoms with Gasteiger partial charge in [0.05, 0.1) is 17.5 Å². The second-order valence-corrected chi connectivity index (χ2v) is 8.70. The van der Waals surface area contributed by atoms with Gasteiger partial charge >= 0.3 is 0 Å². The smallest absolute Gasteiger partial charge is 0.253 e. The minimum Gasteiger partial charge on any atom is -0.378 e. The molecule has 0 aliphatic carbocycles. The van der Waals surface area contributed by atoms with E-state index in [1.165, 1.54) is 11.8 Å². The van der Waals surface area contributed by atoms with Gasteiger partial charge in [0, 0.05) is 17.3 Å². The first-order valence-corrected chi connectivity index (χ1v) is 11.3. The molecule has 0 aliphatic rings. The van der Waals surface area contributed by atoms with Gasteiger partial charge in [0.25, 0.3) is 5.91 Å². The zero-order chi connectivity index (χ0) is 22.9. The summed E-state index contributed by atoms with van der Waals surface area (Å²) in [7, 11) is 0. The van der Waals surface area contributed by atoms with Crippen LogP contribution in [0.3, 0.4) is 0 Å². The molecule has 0 fully saturated rings. The fourth-order valence-electron chi connectivity index (χ4n) is 2.78. The number of carbonyl (C=O) groups is 1. The number of nitrogens with one attached hydrogen (secondary N) is 2. The van der Waals surface area contributed by atoms with E-state index >= 15 is 0 Å². The van der Waals surface area contributed by atoms with Crippen LogP contribution < -0.4 is 10.7 Å². The molecule has 0 spiro atoms. The summed E-state index contributed by atoms with van der Waals surface area (Å²) < 4.78 is 1.93. The molecule has 3 rings (SSSR count). The third-order valence-electron chi connectivity index (χ3n) is 4.58. The zero-order valence-corrected chi connectivity index (χ0v) is 19.5. The highest BCUT2D eigenvalue weighted by Gasteiger charge is 2.20. The molecule has 32 heavy (non-hydrogen) atoms. The maximum Gasteiger partial charge on any atom is 0.253 e. The van der Waals surface area contributed by atoms with Gasteiger partial charge in [-0.05, 0) is 43.7 Å². The molecule has 7 nitrogen and oxygen atoms in total. The Bertz CT molecular complexity index is 1080. The van der Waals surface area contributed by atoms with Gasteiger partial charge in [0.15, 0.2) is 11.0 Å². The number of aromatic nitrogens is 3. The van der Waals surface area contributed by atoms with Crippen LogP contribution in [0.25, 0.3) is 0 Å². The highest BCUT2D eigenvalue weighted by atomic mass is 35.5. The van der Waals surface area contributed by atoms with Crippen molar-refractivity contribution in [3.8, 4) is 0 Å². The van der Waals surface area contributed by atoms with E-state index in [2.05, 4.69) is 32.6 Å². The molecular formula is C23H25ClN6OS. The number of carbonyl (C=O) groups excluding carboxylic acids is 1. The van der Waals surface area contributed by atoms with Crippen molar-refractivity contribution in [3.05, 3.63) is 83.7 Å². The maximum atomic E-state index is 12.6. The Kier molecular flexibility index (Phi) is 8.47. The third kappa shape index (κ3) is 6.45. The van der Waals surface area contributed by atoms with Crippen LogP contribution in [-0.2, 0) is 17.9 Å². The number of benzene rings is 2. The van der Waals surface area contributed by atoms with E-state index in [-0.39, 0.29) is 5.91 Å². The van der Waals surface area contributed by atoms with Gasteiger partial charge in [0.2, 0.25) is 0 Å². The number of halogens is 1. The Morgan fingerprint density at radius 2 is 1.94 bits per heavy atom. The lowest BCUT2D eigenvalue weighted by Gasteiger charge is -2.12. The highest BCUT2D eigenvalue weighted by molar-refractivity contribution is 8.00. The van der Waals surface area contributed by atoms with E-state index in [0.717, 1.165) is 22.8 Å². The van der Waals surface area contributed by atoms with Gasteiger partial charge in [-0.3, -0.25) is 4.79 Å². The average molecular weight is 469 g/mol. The molecule has 1 aromatic heterocycles. The molecule has 0 saturated heterocycles. The number of hydrazone groups is 1. The summed E-state index contributed by atoms with van der Waals surface area (Å²) >= 11 is 7.26. The van der Waals surface area contributed by atoms with Crippen molar-refractivity contribution < 1.29 is 4.79 Å². The van der Waals surface area contributed by atoms with E-state index in [1.54, 1.807) is 6.08 Å². The molecule has 0 aliphatic heterocycles. The zero-order valence-electron chi connectivity index (χ0n) is 18.0. The van der Waals surface area contributed by atoms with Gasteiger partial charge in [0.1, 0.15) is 0 Å². The van der Waals surface area contributed by atoms with Crippen molar-refractivity contribution in [1.82, 2.24) is 20.2 Å². The van der Waals surface area contributed by atoms with Gasteiger partial charge in [-0.15, -0.1) is 16.8 Å². The summed E-state index contributed by atoms with van der Waals surface area (Å²) in [5, 5.41) is 17.0. The number of allylic oxidation sites excluding steroid dienone is 1. The minimum atomic E-state index is -0.410. The van der Waals surface area contributed by atoms with Crippen molar-refractivity contribution in [2.75, 3.05) is 5.32 Å². The summed E-state index contributed by atoms with van der Waals surface area (Å²) in [5.74, 6) is 0.534. The van der Waals surface area contributed by atoms with Gasteiger partial charge in [-0.2, -0.15) is 5.10 Å². The van der Waals surface area contributed by atoms with Crippen molar-refractivity contribution in [2.24, 2.45) is 5.10 Å². The van der Waals surface area contributed by atoms with Gasteiger partial charge in [-0.25, -0.2) is 5.43 Å². The number of nitrogens with zero attached hydrogens (tertiary/aromatic N) is 4. The van der Waals surface area contributed by atoms with Crippen LogP contribution in [0.5, 0.6) is 0 Å². The molecule has 1 heterocycles. The first-order chi connectivity index (χ1) is 15.5. The first-order valence-electron chi connectivity index (χ1n) is 10.1. The largest absolute Gasteiger partial charge is 0.378 e. The third-order valence-corrected chi connectivity index (χ3v) is 5.91. The molecule has 0 saturated carbocycles. The Labute approximate surface area is 197 Å². The van der Waals surface area contributed by atoms with Crippen LogP contribution in [-0.4, -0.2) is 31.6 Å². The predicted molar refractivity (Wildman–Crippen MR) is 131 cm³/mol. The SMILES string of the molecule is C=CCn1c(CNc2ccc(Cl)cc2)nnc1S[C@@H](C)C(=O)N/N=C(\C)c1ccccc1. The molecule has 1 amide bonds. The highest BCUT2D eigenvalue weighted by Crippen LogP contribution is 2.23. The summed E-state index contributed by atoms with van der Waals surface area (Å²) in [6.07, 6.45) is 1.78. The fourth-order valence-corrected chi connectivity index (χ4v) is 3.78. The second-order valence-electron chi connectivity index (χ2n) is 6.96. The quantitative estimate of drug-likeness (QED) is 0.194. The number of hydrogen-bond acceptors (Lipinski definition) is 6. The van der Waals surface area contributed by atoms with Crippen LogP contribution in [0, 0.1) is 0 Å². The number of amides is 1. The standard InChI is InChI=1S/C23H25ClN6OS/c1-4-14-30-21(15-25-20-12-10-19(24)11-13-20)27-29-23(30)32-17(3)22(31)28-26-16(2)18-8-6-5-7-9-18/h4-13,17,25H,1,14-15H2,2-3H3,(H,28,31)/b26-16+/t17-/m0/s1. The molecule has 1 atom stereocenters. The summed E-state index contributed by atoms with van der Waals surface area (Å²) in [4.78, 5) is 12.6. The molecular weight excluding hydrogens is 444 g/mol. The molecule has 2 N–H and O–H groups in total. The topological polar surface area (TPSA) is 84.2 Å². The van der Waals surface area contributed by atoms with E-state index in [1.807, 2.05) is 73.0 Å². The average Bonchev–Trinajstić information content (AvgIpc) is 3.18. The van der Waals surface area contributed by atoms with Crippen molar-refractivity contribution >= 4 is 40.7 Å². The Hall–Kier alpha value is -3.10. The number of hydrogen-bond donors (Lipinski definition) is 2. The molecule has 9 heteroatoms. The molecule has 3 aromatic rings. The Morgan fingerprint density at radius 1 is 1.22 bits per heavy atom. The van der Waals surface area contributed by atoms with Crippen LogP contribution in [0.2, 0.25) is 5.02 Å². The lowest BCUT2D eigenvalue weighted by molar-refractivity contribution is -0.120. The number of anilines is 1. The Morgan fingerprint density at radius 3 is 2.62 bits per heavy atom. The van der Waals surface area contributed by atoms with Crippen LogP contribution in [0.15, 0.2) is 77.5 Å². The van der Waals surface area contributed by atoms with E-state index in [4.69, 9.17) is 11.6 Å². The van der Waals surface area contributed by atoms with E-state index in [0.29, 0.717) is 23.3 Å². The van der Waals surface area contributed by atoms with E-state index < -0.39 is 5.25 Å². The van der Waals surface area contributed by atoms with Crippen LogP contribution >= 0.6 is 23.4 Å². The van der Waals surface area contributed by atoms with Crippen LogP contribution in [0.4, 0.5) is 5.69 Å². The lowest BCUT2D eigenvalue weighted by Crippen LogP contribution is -2.28.